The number of likely N-dealkylation sites (tertiary alicyclic amines) is 1. The monoisotopic (exact) mass is 290 g/mol. The van der Waals surface area contributed by atoms with Crippen LogP contribution in [0.15, 0.2) is 24.5 Å². The minimum absolute atomic E-state index is 0.184. The van der Waals surface area contributed by atoms with Crippen molar-refractivity contribution >= 4 is 6.09 Å². The predicted octanol–water partition coefficient (Wildman–Crippen LogP) is 3.52. The zero-order chi connectivity index (χ0) is 15.5. The lowest BCUT2D eigenvalue weighted by atomic mass is 9.82. The van der Waals surface area contributed by atoms with Gasteiger partial charge >= 0.3 is 6.09 Å². The molecule has 1 aliphatic heterocycles. The Hall–Kier alpha value is -1.58. The summed E-state index contributed by atoms with van der Waals surface area (Å²) in [5, 5.41) is 0. The number of hydrogen-bond donors (Lipinski definition) is 0. The number of aromatic nitrogens is 1. The molecule has 0 spiro atoms. The van der Waals surface area contributed by atoms with Crippen LogP contribution < -0.4 is 0 Å². The molecule has 4 heteroatoms. The maximum absolute atomic E-state index is 12.1. The van der Waals surface area contributed by atoms with E-state index in [0.29, 0.717) is 11.8 Å². The van der Waals surface area contributed by atoms with Gasteiger partial charge in [0.15, 0.2) is 0 Å². The Kier molecular flexibility index (Phi) is 4.86. The summed E-state index contributed by atoms with van der Waals surface area (Å²) in [7, 11) is 0. The molecule has 1 saturated heterocycles. The first kappa shape index (κ1) is 15.8. The molecule has 2 atom stereocenters. The molecule has 0 aromatic carbocycles. The zero-order valence-corrected chi connectivity index (χ0v) is 13.5. The third kappa shape index (κ3) is 4.73. The highest BCUT2D eigenvalue weighted by Crippen LogP contribution is 2.27. The van der Waals surface area contributed by atoms with Crippen molar-refractivity contribution in [3.8, 4) is 0 Å². The van der Waals surface area contributed by atoms with Gasteiger partial charge in [0.25, 0.3) is 0 Å². The van der Waals surface area contributed by atoms with Gasteiger partial charge in [-0.3, -0.25) is 4.98 Å². The van der Waals surface area contributed by atoms with Crippen LogP contribution in [-0.2, 0) is 11.2 Å². The second-order valence-corrected chi connectivity index (χ2v) is 7.01. The Bertz CT molecular complexity index is 467. The van der Waals surface area contributed by atoms with E-state index in [4.69, 9.17) is 4.74 Å². The van der Waals surface area contributed by atoms with Crippen LogP contribution >= 0.6 is 0 Å². The summed E-state index contributed by atoms with van der Waals surface area (Å²) in [6.45, 7) is 9.52. The van der Waals surface area contributed by atoms with Crippen molar-refractivity contribution < 1.29 is 9.53 Å². The number of hydrogen-bond acceptors (Lipinski definition) is 3. The number of piperidine rings is 1. The average Bonchev–Trinajstić information content (AvgIpc) is 2.40. The fourth-order valence-corrected chi connectivity index (χ4v) is 2.81. The van der Waals surface area contributed by atoms with Crippen molar-refractivity contribution in [3.63, 3.8) is 0 Å². The first-order valence-electron chi connectivity index (χ1n) is 7.72. The molecule has 1 fully saturated rings. The Morgan fingerprint density at radius 1 is 1.38 bits per heavy atom. The topological polar surface area (TPSA) is 42.4 Å². The highest BCUT2D eigenvalue weighted by molar-refractivity contribution is 5.68. The lowest BCUT2D eigenvalue weighted by Crippen LogP contribution is -2.45. The molecule has 0 bridgehead atoms. The van der Waals surface area contributed by atoms with Gasteiger partial charge in [-0.1, -0.05) is 6.92 Å². The highest BCUT2D eigenvalue weighted by Gasteiger charge is 2.31. The third-order valence-electron chi connectivity index (χ3n) is 3.98. The summed E-state index contributed by atoms with van der Waals surface area (Å²) >= 11 is 0. The molecular formula is C17H26N2O2. The summed E-state index contributed by atoms with van der Waals surface area (Å²) in [6.07, 6.45) is 5.59. The summed E-state index contributed by atoms with van der Waals surface area (Å²) in [6, 6.07) is 4.15. The van der Waals surface area contributed by atoms with Gasteiger partial charge in [-0.2, -0.15) is 0 Å². The molecule has 2 heterocycles. The normalized spacial score (nSPS) is 23.0. The molecule has 0 aliphatic carbocycles. The average molecular weight is 290 g/mol. The molecule has 0 radical (unpaired) electrons. The van der Waals surface area contributed by atoms with Crippen LogP contribution in [0.4, 0.5) is 4.79 Å². The van der Waals surface area contributed by atoms with Gasteiger partial charge in [-0.25, -0.2) is 4.79 Å². The van der Waals surface area contributed by atoms with Crippen LogP contribution in [0.3, 0.4) is 0 Å². The number of carbonyl (C=O) groups is 1. The second-order valence-electron chi connectivity index (χ2n) is 7.01. The van der Waals surface area contributed by atoms with Crippen molar-refractivity contribution in [2.45, 2.75) is 46.1 Å². The van der Waals surface area contributed by atoms with E-state index >= 15 is 0 Å². The minimum atomic E-state index is -0.422. The third-order valence-corrected chi connectivity index (χ3v) is 3.98. The maximum atomic E-state index is 12.1. The first-order chi connectivity index (χ1) is 9.85. The van der Waals surface area contributed by atoms with E-state index in [1.54, 1.807) is 0 Å². The molecule has 4 nitrogen and oxygen atoms in total. The molecule has 21 heavy (non-hydrogen) atoms. The molecule has 116 valence electrons. The summed E-state index contributed by atoms with van der Waals surface area (Å²) < 4.78 is 5.46. The standard InChI is InChI=1S/C17H26N2O2/c1-13-12-19(16(20)21-17(2,3)4)10-7-15(13)11-14-5-8-18-9-6-14/h5-6,8-9,13,15H,7,10-12H2,1-4H3/t13-,15+/m1/s1. The van der Waals surface area contributed by atoms with E-state index < -0.39 is 5.60 Å². The van der Waals surface area contributed by atoms with E-state index in [2.05, 4.69) is 24.0 Å². The molecule has 0 N–H and O–H groups in total. The van der Waals surface area contributed by atoms with Gasteiger partial charge in [0.2, 0.25) is 0 Å². The SMILES string of the molecule is C[C@@H]1CN(C(=O)OC(C)(C)C)CC[C@H]1Cc1ccncc1. The number of carbonyl (C=O) groups excluding carboxylic acids is 1. The molecule has 0 saturated carbocycles. The van der Waals surface area contributed by atoms with Crippen LogP contribution in [0.2, 0.25) is 0 Å². The van der Waals surface area contributed by atoms with Crippen LogP contribution in [0.25, 0.3) is 0 Å². The number of ether oxygens (including phenoxy) is 1. The Morgan fingerprint density at radius 3 is 2.62 bits per heavy atom. The maximum Gasteiger partial charge on any atom is 0.410 e. The molecule has 1 aromatic rings. The van der Waals surface area contributed by atoms with Crippen molar-refractivity contribution in [2.24, 2.45) is 11.8 Å². The first-order valence-corrected chi connectivity index (χ1v) is 7.72. The van der Waals surface area contributed by atoms with Crippen LogP contribution in [0.5, 0.6) is 0 Å². The van der Waals surface area contributed by atoms with E-state index in [-0.39, 0.29) is 6.09 Å². The van der Waals surface area contributed by atoms with E-state index in [1.165, 1.54) is 5.56 Å². The van der Waals surface area contributed by atoms with Gasteiger partial charge in [-0.15, -0.1) is 0 Å². The van der Waals surface area contributed by atoms with Crippen molar-refractivity contribution in [1.82, 2.24) is 9.88 Å². The lowest BCUT2D eigenvalue weighted by molar-refractivity contribution is 0.0117. The van der Waals surface area contributed by atoms with Gasteiger partial charge < -0.3 is 9.64 Å². The molecule has 0 unspecified atom stereocenters. The molecule has 2 rings (SSSR count). The summed E-state index contributed by atoms with van der Waals surface area (Å²) in [5.74, 6) is 1.10. The molecule has 1 aliphatic rings. The quantitative estimate of drug-likeness (QED) is 0.837. The van der Waals surface area contributed by atoms with E-state index in [1.807, 2.05) is 38.1 Å². The van der Waals surface area contributed by atoms with Crippen LogP contribution in [-0.4, -0.2) is 34.7 Å². The molecule has 1 amide bonds. The van der Waals surface area contributed by atoms with Crippen LogP contribution in [0.1, 0.15) is 39.7 Å². The van der Waals surface area contributed by atoms with Crippen molar-refractivity contribution in [1.29, 1.82) is 0 Å². The number of amides is 1. The highest BCUT2D eigenvalue weighted by atomic mass is 16.6. The molecule has 1 aromatic heterocycles. The van der Waals surface area contributed by atoms with E-state index in [9.17, 15) is 4.79 Å². The van der Waals surface area contributed by atoms with Gasteiger partial charge in [0.1, 0.15) is 5.60 Å². The van der Waals surface area contributed by atoms with E-state index in [0.717, 1.165) is 25.9 Å². The number of pyridine rings is 1. The fraction of sp³-hybridized carbons (Fsp3) is 0.647. The van der Waals surface area contributed by atoms with Gasteiger partial charge in [-0.05, 0) is 63.1 Å². The minimum Gasteiger partial charge on any atom is -0.444 e. The molecular weight excluding hydrogens is 264 g/mol. The summed E-state index contributed by atoms with van der Waals surface area (Å²) in [5.41, 5.74) is 0.904. The number of nitrogens with zero attached hydrogens (tertiary/aromatic N) is 2. The van der Waals surface area contributed by atoms with Crippen LogP contribution in [0, 0.1) is 11.8 Å². The Morgan fingerprint density at radius 2 is 2.05 bits per heavy atom. The fourth-order valence-electron chi connectivity index (χ4n) is 2.81. The zero-order valence-electron chi connectivity index (χ0n) is 13.5. The second kappa shape index (κ2) is 6.46. The Labute approximate surface area is 127 Å². The largest absolute Gasteiger partial charge is 0.444 e. The lowest BCUT2D eigenvalue weighted by Gasteiger charge is -2.37. The van der Waals surface area contributed by atoms with Crippen molar-refractivity contribution in [2.75, 3.05) is 13.1 Å². The summed E-state index contributed by atoms with van der Waals surface area (Å²) in [4.78, 5) is 18.0. The Balaban J connectivity index is 1.89. The number of rotatable bonds is 2. The van der Waals surface area contributed by atoms with Gasteiger partial charge in [0.05, 0.1) is 0 Å². The smallest absolute Gasteiger partial charge is 0.410 e. The predicted molar refractivity (Wildman–Crippen MR) is 83.0 cm³/mol. The van der Waals surface area contributed by atoms with Crippen molar-refractivity contribution in [3.05, 3.63) is 30.1 Å². The van der Waals surface area contributed by atoms with Gasteiger partial charge in [0, 0.05) is 25.5 Å².